The molecule has 0 amide bonds. The summed E-state index contributed by atoms with van der Waals surface area (Å²) in [6.45, 7) is 20.0. The van der Waals surface area contributed by atoms with Crippen molar-refractivity contribution in [3.8, 4) is 0 Å². The molecule has 0 spiro atoms. The van der Waals surface area contributed by atoms with Gasteiger partial charge in [-0.3, -0.25) is 4.90 Å². The van der Waals surface area contributed by atoms with Crippen LogP contribution in [-0.2, 0) is 0 Å². The van der Waals surface area contributed by atoms with Crippen LogP contribution in [0, 0.1) is 61.3 Å². The smallest absolute Gasteiger partial charge is 0.0456 e. The lowest BCUT2D eigenvalue weighted by atomic mass is 9.92. The lowest BCUT2D eigenvalue weighted by Crippen LogP contribution is -2.38. The molecule has 0 saturated heterocycles. The van der Waals surface area contributed by atoms with Gasteiger partial charge in [0.1, 0.15) is 0 Å². The monoisotopic (exact) mass is 736 g/mol. The first-order chi connectivity index (χ1) is 25.3. The van der Waals surface area contributed by atoms with Crippen LogP contribution < -0.4 is 26.5 Å². The number of hydrogen-bond donors (Lipinski definition) is 0. The van der Waals surface area contributed by atoms with Crippen LogP contribution in [-0.4, -0.2) is 44.0 Å². The molecule has 5 aromatic carbocycles. The zero-order valence-corrected chi connectivity index (χ0v) is 35.6. The van der Waals surface area contributed by atoms with E-state index in [1.165, 1.54) is 81.9 Å². The highest BCUT2D eigenvalue weighted by Gasteiger charge is 2.37. The summed E-state index contributed by atoms with van der Waals surface area (Å²) in [5, 5.41) is 8.73. The van der Waals surface area contributed by atoms with Crippen LogP contribution in [0.25, 0.3) is 0 Å². The minimum atomic E-state index is -0.835. The van der Waals surface area contributed by atoms with Crippen molar-refractivity contribution in [2.24, 2.45) is 5.92 Å². The first-order valence-corrected chi connectivity index (χ1v) is 21.7. The topological polar surface area (TPSA) is 6.48 Å². The van der Waals surface area contributed by atoms with Gasteiger partial charge in [-0.25, -0.2) is 0 Å². The first kappa shape index (κ1) is 39.1. The highest BCUT2D eigenvalue weighted by Crippen LogP contribution is 2.54. The maximum absolute atomic E-state index is 2.65. The maximum Gasteiger partial charge on any atom is 0.0456 e. The number of aryl methyl sites for hydroxylation is 8. The summed E-state index contributed by atoms with van der Waals surface area (Å²) in [7, 11) is 5.12. The Kier molecular flexibility index (Phi) is 12.4. The van der Waals surface area contributed by atoms with Crippen molar-refractivity contribution in [3.05, 3.63) is 171 Å². The summed E-state index contributed by atoms with van der Waals surface area (Å²) in [6, 6.07) is 38.4. The molecule has 0 heterocycles. The molecule has 53 heavy (non-hydrogen) atoms. The van der Waals surface area contributed by atoms with E-state index < -0.39 is 15.8 Å². The van der Waals surface area contributed by atoms with E-state index in [0.717, 1.165) is 13.1 Å². The molecule has 0 aliphatic heterocycles. The molecule has 6 rings (SSSR count). The van der Waals surface area contributed by atoms with Gasteiger partial charge in [-0.15, -0.1) is 0 Å². The summed E-state index contributed by atoms with van der Waals surface area (Å²) in [5.41, 5.74) is 12.1. The molecule has 5 aromatic rings. The van der Waals surface area contributed by atoms with Gasteiger partial charge in [-0.1, -0.05) is 160 Å². The van der Waals surface area contributed by atoms with E-state index in [0.29, 0.717) is 0 Å². The standard InChI is InChI=1S/C49H58N2P2/c1-33-21-34(2)26-41(25-33)52(42-27-35(3)22-36(4)28-42)47-17-13-12-15-45(47)49(51(11)20-19-50(9)10)46-16-14-18-48(46)53(43-29-37(5)23-38(6)30-43)44-31-39(7)24-40(8)32-44/h12-18,21-32,46,49H,19-20H2,1-11H3. The Balaban J connectivity index is 1.58. The van der Waals surface area contributed by atoms with Gasteiger partial charge in [0.05, 0.1) is 0 Å². The molecule has 0 aromatic heterocycles. The second kappa shape index (κ2) is 16.8. The van der Waals surface area contributed by atoms with Crippen LogP contribution in [0.3, 0.4) is 0 Å². The molecule has 2 nitrogen and oxygen atoms in total. The van der Waals surface area contributed by atoms with Crippen molar-refractivity contribution in [1.29, 1.82) is 0 Å². The molecule has 2 unspecified atom stereocenters. The highest BCUT2D eigenvalue weighted by molar-refractivity contribution is 7.80. The molecule has 1 aliphatic carbocycles. The van der Waals surface area contributed by atoms with Crippen molar-refractivity contribution in [3.63, 3.8) is 0 Å². The molecule has 0 saturated carbocycles. The third kappa shape index (κ3) is 9.19. The first-order valence-electron chi connectivity index (χ1n) is 19.0. The molecular weight excluding hydrogens is 679 g/mol. The van der Waals surface area contributed by atoms with E-state index in [2.05, 4.69) is 202 Å². The van der Waals surface area contributed by atoms with Gasteiger partial charge in [-0.05, 0) is 130 Å². The minimum Gasteiger partial charge on any atom is -0.308 e. The SMILES string of the molecule is Cc1cc(C)cc(P(C2=CC=CC2C(c2ccccc2P(c2cc(C)cc(C)c2)c2cc(C)cc(C)c2)N(C)CCN(C)C)c2cc(C)cc(C)c2)c1. The van der Waals surface area contributed by atoms with E-state index in [1.54, 1.807) is 0 Å². The van der Waals surface area contributed by atoms with Crippen molar-refractivity contribution in [2.75, 3.05) is 34.2 Å². The Morgan fingerprint density at radius 1 is 0.509 bits per heavy atom. The minimum absolute atomic E-state index is 0.153. The lowest BCUT2D eigenvalue weighted by molar-refractivity contribution is 0.197. The number of benzene rings is 5. The van der Waals surface area contributed by atoms with Crippen LogP contribution in [0.1, 0.15) is 56.1 Å². The Labute approximate surface area is 323 Å². The molecule has 0 N–H and O–H groups in total. The molecule has 274 valence electrons. The van der Waals surface area contributed by atoms with Crippen molar-refractivity contribution < 1.29 is 0 Å². The van der Waals surface area contributed by atoms with E-state index >= 15 is 0 Å². The maximum atomic E-state index is 2.65. The van der Waals surface area contributed by atoms with Gasteiger partial charge >= 0.3 is 0 Å². The van der Waals surface area contributed by atoms with Crippen LogP contribution in [0.5, 0.6) is 0 Å². The highest BCUT2D eigenvalue weighted by atomic mass is 31.1. The Morgan fingerprint density at radius 3 is 1.32 bits per heavy atom. The largest absolute Gasteiger partial charge is 0.308 e. The van der Waals surface area contributed by atoms with E-state index in [-0.39, 0.29) is 12.0 Å². The van der Waals surface area contributed by atoms with Crippen molar-refractivity contribution in [1.82, 2.24) is 9.80 Å². The number of hydrogen-bond acceptors (Lipinski definition) is 2. The van der Waals surface area contributed by atoms with Crippen molar-refractivity contribution >= 4 is 42.4 Å². The second-order valence-electron chi connectivity index (χ2n) is 15.8. The fourth-order valence-corrected chi connectivity index (χ4v) is 14.2. The van der Waals surface area contributed by atoms with E-state index in [1.807, 2.05) is 0 Å². The van der Waals surface area contributed by atoms with Gasteiger partial charge in [0.2, 0.25) is 0 Å². The molecule has 2 atom stereocenters. The molecular formula is C49H58N2P2. The summed E-state index contributed by atoms with van der Waals surface area (Å²) >= 11 is 0. The summed E-state index contributed by atoms with van der Waals surface area (Å²) in [6.07, 6.45) is 7.34. The summed E-state index contributed by atoms with van der Waals surface area (Å²) < 4.78 is 0. The van der Waals surface area contributed by atoms with Gasteiger partial charge in [-0.2, -0.15) is 0 Å². The average molecular weight is 737 g/mol. The lowest BCUT2D eigenvalue weighted by Gasteiger charge is -2.39. The molecule has 4 heteroatoms. The molecule has 0 radical (unpaired) electrons. The number of likely N-dealkylation sites (N-methyl/N-ethyl adjacent to an activating group) is 2. The predicted octanol–water partition coefficient (Wildman–Crippen LogP) is 9.65. The Bertz CT molecular complexity index is 1970. The number of rotatable bonds is 12. The molecule has 0 fully saturated rings. The Hall–Kier alpha value is -3.64. The summed E-state index contributed by atoms with van der Waals surface area (Å²) in [4.78, 5) is 4.97. The molecule has 0 bridgehead atoms. The fourth-order valence-electron chi connectivity index (χ4n) is 8.31. The zero-order chi connectivity index (χ0) is 38.0. The predicted molar refractivity (Wildman–Crippen MR) is 237 cm³/mol. The fraction of sp³-hybridized carbons (Fsp3) is 0.306. The van der Waals surface area contributed by atoms with Crippen LogP contribution >= 0.6 is 15.8 Å². The third-order valence-corrected chi connectivity index (χ3v) is 15.2. The molecule has 1 aliphatic rings. The number of allylic oxidation sites excluding steroid dienone is 2. The van der Waals surface area contributed by atoms with E-state index in [4.69, 9.17) is 0 Å². The second-order valence-corrected chi connectivity index (χ2v) is 20.2. The summed E-state index contributed by atoms with van der Waals surface area (Å²) in [5.74, 6) is 0.214. The normalized spacial score (nSPS) is 14.9. The van der Waals surface area contributed by atoms with Gasteiger partial charge in [0.25, 0.3) is 0 Å². The van der Waals surface area contributed by atoms with Gasteiger partial charge in [0.15, 0.2) is 0 Å². The van der Waals surface area contributed by atoms with Crippen molar-refractivity contribution in [2.45, 2.75) is 61.4 Å². The Morgan fingerprint density at radius 2 is 0.906 bits per heavy atom. The average Bonchev–Trinajstić information content (AvgIpc) is 3.51. The number of nitrogens with zero attached hydrogens (tertiary/aromatic N) is 2. The third-order valence-electron chi connectivity index (χ3n) is 10.3. The van der Waals surface area contributed by atoms with E-state index in [9.17, 15) is 0 Å². The zero-order valence-electron chi connectivity index (χ0n) is 33.8. The van der Waals surface area contributed by atoms with Crippen LogP contribution in [0.2, 0.25) is 0 Å². The van der Waals surface area contributed by atoms with Crippen LogP contribution in [0.4, 0.5) is 0 Å². The van der Waals surface area contributed by atoms with Gasteiger partial charge < -0.3 is 4.90 Å². The van der Waals surface area contributed by atoms with Gasteiger partial charge in [0, 0.05) is 25.0 Å². The van der Waals surface area contributed by atoms with Crippen LogP contribution in [0.15, 0.2) is 121 Å². The quantitative estimate of drug-likeness (QED) is 0.118.